The molecule has 0 atom stereocenters. The Morgan fingerprint density at radius 2 is 1.81 bits per heavy atom. The van der Waals surface area contributed by atoms with E-state index in [1.165, 1.54) is 13.2 Å². The van der Waals surface area contributed by atoms with Gasteiger partial charge in [0.1, 0.15) is 12.4 Å². The van der Waals surface area contributed by atoms with Crippen LogP contribution in [0.15, 0.2) is 66.7 Å². The summed E-state index contributed by atoms with van der Waals surface area (Å²) in [5.41, 5.74) is 2.30. The highest BCUT2D eigenvalue weighted by atomic mass is 19.1. The van der Waals surface area contributed by atoms with Crippen LogP contribution in [0.5, 0.6) is 11.5 Å². The fourth-order valence-electron chi connectivity index (χ4n) is 3.51. The first kappa shape index (κ1) is 21.6. The van der Waals surface area contributed by atoms with Gasteiger partial charge in [-0.25, -0.2) is 4.39 Å². The SMILES string of the molecule is COc1cc(C(=O)Nc2ccc(N3CCOCC3)c(F)c2)ccc1OCc1ccccc1. The third kappa shape index (κ3) is 5.18. The molecule has 0 unspecified atom stereocenters. The third-order valence-electron chi connectivity index (χ3n) is 5.22. The van der Waals surface area contributed by atoms with Crippen molar-refractivity contribution in [1.29, 1.82) is 0 Å². The van der Waals surface area contributed by atoms with Crippen LogP contribution in [0.3, 0.4) is 0 Å². The van der Waals surface area contributed by atoms with E-state index in [0.29, 0.717) is 61.3 Å². The summed E-state index contributed by atoms with van der Waals surface area (Å²) < 4.78 is 31.2. The summed E-state index contributed by atoms with van der Waals surface area (Å²) in [6.45, 7) is 2.81. The highest BCUT2D eigenvalue weighted by molar-refractivity contribution is 6.04. The van der Waals surface area contributed by atoms with Gasteiger partial charge in [-0.3, -0.25) is 4.79 Å². The Morgan fingerprint density at radius 1 is 1.03 bits per heavy atom. The maximum atomic E-state index is 14.6. The van der Waals surface area contributed by atoms with Crippen molar-refractivity contribution in [1.82, 2.24) is 0 Å². The van der Waals surface area contributed by atoms with Crippen LogP contribution in [-0.4, -0.2) is 39.3 Å². The molecule has 1 aliphatic heterocycles. The maximum absolute atomic E-state index is 14.6. The van der Waals surface area contributed by atoms with Gasteiger partial charge >= 0.3 is 0 Å². The smallest absolute Gasteiger partial charge is 0.255 e. The number of benzene rings is 3. The fraction of sp³-hybridized carbons (Fsp3) is 0.240. The van der Waals surface area contributed by atoms with Crippen molar-refractivity contribution in [3.63, 3.8) is 0 Å². The van der Waals surface area contributed by atoms with Gasteiger partial charge in [0.25, 0.3) is 5.91 Å². The van der Waals surface area contributed by atoms with Gasteiger partial charge in [0.05, 0.1) is 26.0 Å². The Balaban J connectivity index is 1.43. The van der Waals surface area contributed by atoms with Crippen LogP contribution in [0.2, 0.25) is 0 Å². The Hall–Kier alpha value is -3.58. The lowest BCUT2D eigenvalue weighted by Crippen LogP contribution is -2.36. The first-order valence-electron chi connectivity index (χ1n) is 10.4. The number of amides is 1. The molecule has 0 radical (unpaired) electrons. The molecule has 3 aromatic carbocycles. The number of nitrogens with zero attached hydrogens (tertiary/aromatic N) is 1. The molecule has 1 fully saturated rings. The standard InChI is InChI=1S/C25H25FN2O4/c1-30-24-15-19(7-10-23(24)32-17-18-5-3-2-4-6-18)25(29)27-20-8-9-22(21(26)16-20)28-11-13-31-14-12-28/h2-10,15-16H,11-14,17H2,1H3,(H,27,29). The first-order valence-corrected chi connectivity index (χ1v) is 10.4. The van der Waals surface area contributed by atoms with Gasteiger partial charge in [-0.15, -0.1) is 0 Å². The minimum Gasteiger partial charge on any atom is -0.493 e. The van der Waals surface area contributed by atoms with Crippen molar-refractivity contribution in [2.24, 2.45) is 0 Å². The van der Waals surface area contributed by atoms with Gasteiger partial charge in [-0.05, 0) is 42.0 Å². The highest BCUT2D eigenvalue weighted by Crippen LogP contribution is 2.30. The fourth-order valence-corrected chi connectivity index (χ4v) is 3.51. The predicted molar refractivity (Wildman–Crippen MR) is 121 cm³/mol. The van der Waals surface area contributed by atoms with Gasteiger partial charge in [-0.1, -0.05) is 30.3 Å². The van der Waals surface area contributed by atoms with E-state index in [0.717, 1.165) is 5.56 Å². The molecular formula is C25H25FN2O4. The molecule has 1 aliphatic rings. The third-order valence-corrected chi connectivity index (χ3v) is 5.22. The number of morpholine rings is 1. The monoisotopic (exact) mass is 436 g/mol. The normalized spacial score (nSPS) is 13.5. The Labute approximate surface area is 186 Å². The zero-order valence-electron chi connectivity index (χ0n) is 17.8. The molecular weight excluding hydrogens is 411 g/mol. The van der Waals surface area contributed by atoms with Gasteiger partial charge < -0.3 is 24.4 Å². The van der Waals surface area contributed by atoms with E-state index in [9.17, 15) is 9.18 Å². The summed E-state index contributed by atoms with van der Waals surface area (Å²) >= 11 is 0. The van der Waals surface area contributed by atoms with Gasteiger partial charge in [0.15, 0.2) is 11.5 Å². The van der Waals surface area contributed by atoms with Crippen molar-refractivity contribution in [2.45, 2.75) is 6.61 Å². The molecule has 4 rings (SSSR count). The topological polar surface area (TPSA) is 60.0 Å². The molecule has 1 amide bonds. The van der Waals surface area contributed by atoms with Crippen LogP contribution < -0.4 is 19.7 Å². The number of hydrogen-bond donors (Lipinski definition) is 1. The van der Waals surface area contributed by atoms with Crippen LogP contribution in [0, 0.1) is 5.82 Å². The van der Waals surface area contributed by atoms with Gasteiger partial charge in [-0.2, -0.15) is 0 Å². The molecule has 3 aromatic rings. The van der Waals surface area contributed by atoms with E-state index in [2.05, 4.69) is 5.32 Å². The Bertz CT molecular complexity index is 1070. The van der Waals surface area contributed by atoms with Crippen molar-refractivity contribution in [2.75, 3.05) is 43.6 Å². The van der Waals surface area contributed by atoms with Crippen LogP contribution in [0.25, 0.3) is 0 Å². The number of hydrogen-bond acceptors (Lipinski definition) is 5. The lowest BCUT2D eigenvalue weighted by Gasteiger charge is -2.29. The summed E-state index contributed by atoms with van der Waals surface area (Å²) in [6, 6.07) is 19.4. The van der Waals surface area contributed by atoms with E-state index in [4.69, 9.17) is 14.2 Å². The summed E-state index contributed by atoms with van der Waals surface area (Å²) in [5, 5.41) is 2.74. The number of halogens is 1. The number of anilines is 2. The minimum atomic E-state index is -0.382. The average Bonchev–Trinajstić information content (AvgIpc) is 2.84. The second kappa shape index (κ2) is 10.2. The number of rotatable bonds is 7. The molecule has 1 saturated heterocycles. The number of nitrogens with one attached hydrogen (secondary N) is 1. The lowest BCUT2D eigenvalue weighted by atomic mass is 10.1. The highest BCUT2D eigenvalue weighted by Gasteiger charge is 2.17. The summed E-state index contributed by atoms with van der Waals surface area (Å²) in [4.78, 5) is 14.6. The van der Waals surface area contributed by atoms with Gasteiger partial charge in [0, 0.05) is 24.3 Å². The number of ether oxygens (including phenoxy) is 3. The molecule has 32 heavy (non-hydrogen) atoms. The zero-order valence-corrected chi connectivity index (χ0v) is 17.8. The minimum absolute atomic E-state index is 0.364. The molecule has 0 aliphatic carbocycles. The van der Waals surface area contributed by atoms with Crippen molar-refractivity contribution >= 4 is 17.3 Å². The molecule has 0 aromatic heterocycles. The maximum Gasteiger partial charge on any atom is 0.255 e. The zero-order chi connectivity index (χ0) is 22.3. The molecule has 0 bridgehead atoms. The summed E-state index contributed by atoms with van der Waals surface area (Å²) in [6.07, 6.45) is 0. The lowest BCUT2D eigenvalue weighted by molar-refractivity contribution is 0.102. The number of carbonyl (C=O) groups is 1. The Kier molecular flexibility index (Phi) is 6.87. The molecule has 1 heterocycles. The van der Waals surface area contributed by atoms with Gasteiger partial charge in [0.2, 0.25) is 0 Å². The van der Waals surface area contributed by atoms with E-state index >= 15 is 0 Å². The molecule has 166 valence electrons. The van der Waals surface area contributed by atoms with E-state index < -0.39 is 0 Å². The van der Waals surface area contributed by atoms with E-state index in [1.807, 2.05) is 35.2 Å². The second-order valence-electron chi connectivity index (χ2n) is 7.36. The van der Waals surface area contributed by atoms with Crippen LogP contribution in [-0.2, 0) is 11.3 Å². The summed E-state index contributed by atoms with van der Waals surface area (Å²) in [5.74, 6) is 0.236. The van der Waals surface area contributed by atoms with Crippen LogP contribution >= 0.6 is 0 Å². The Morgan fingerprint density at radius 3 is 2.53 bits per heavy atom. The van der Waals surface area contributed by atoms with E-state index in [-0.39, 0.29) is 11.7 Å². The molecule has 0 spiro atoms. The molecule has 0 saturated carbocycles. The summed E-state index contributed by atoms with van der Waals surface area (Å²) in [7, 11) is 1.52. The van der Waals surface area contributed by atoms with Crippen LogP contribution in [0.4, 0.5) is 15.8 Å². The molecule has 7 heteroatoms. The van der Waals surface area contributed by atoms with Crippen molar-refractivity contribution in [3.8, 4) is 11.5 Å². The van der Waals surface area contributed by atoms with Crippen molar-refractivity contribution < 1.29 is 23.4 Å². The second-order valence-corrected chi connectivity index (χ2v) is 7.36. The largest absolute Gasteiger partial charge is 0.493 e. The first-order chi connectivity index (χ1) is 15.6. The number of carbonyl (C=O) groups excluding carboxylic acids is 1. The average molecular weight is 436 g/mol. The molecule has 1 N–H and O–H groups in total. The predicted octanol–water partition coefficient (Wildman–Crippen LogP) is 4.50. The van der Waals surface area contributed by atoms with Crippen molar-refractivity contribution in [3.05, 3.63) is 83.7 Å². The quantitative estimate of drug-likeness (QED) is 0.591. The van der Waals surface area contributed by atoms with E-state index in [1.54, 1.807) is 30.3 Å². The van der Waals surface area contributed by atoms with Crippen LogP contribution in [0.1, 0.15) is 15.9 Å². The number of methoxy groups -OCH3 is 1. The molecule has 6 nitrogen and oxygen atoms in total.